The summed E-state index contributed by atoms with van der Waals surface area (Å²) in [7, 11) is -2.47. The van der Waals surface area contributed by atoms with Crippen LogP contribution in [0.25, 0.3) is 0 Å². The third-order valence-corrected chi connectivity index (χ3v) is 5.90. The lowest BCUT2D eigenvalue weighted by atomic mass is 10.0. The molecule has 2 aromatic rings. The van der Waals surface area contributed by atoms with E-state index in [-0.39, 0.29) is 16.6 Å². The van der Waals surface area contributed by atoms with Gasteiger partial charge >= 0.3 is 0 Å². The Morgan fingerprint density at radius 1 is 1.19 bits per heavy atom. The molecule has 0 atom stereocenters. The van der Waals surface area contributed by atoms with E-state index < -0.39 is 10.0 Å². The number of anilines is 2. The van der Waals surface area contributed by atoms with Crippen molar-refractivity contribution in [1.29, 1.82) is 0 Å². The summed E-state index contributed by atoms with van der Waals surface area (Å²) in [5.41, 5.74) is 2.19. The molecule has 0 saturated carbocycles. The van der Waals surface area contributed by atoms with Crippen molar-refractivity contribution < 1.29 is 17.9 Å². The Labute approximate surface area is 157 Å². The van der Waals surface area contributed by atoms with Crippen LogP contribution < -0.4 is 14.4 Å². The molecule has 0 radical (unpaired) electrons. The van der Waals surface area contributed by atoms with Gasteiger partial charge in [-0.05, 0) is 55.3 Å². The summed E-state index contributed by atoms with van der Waals surface area (Å²) >= 11 is 5.94. The number of halogens is 1. The topological polar surface area (TPSA) is 75.7 Å². The molecule has 138 valence electrons. The number of rotatable bonds is 5. The van der Waals surface area contributed by atoms with Crippen LogP contribution in [0.3, 0.4) is 0 Å². The highest BCUT2D eigenvalue weighted by Crippen LogP contribution is 2.32. The summed E-state index contributed by atoms with van der Waals surface area (Å²) in [5.74, 6) is 0.291. The first-order valence-electron chi connectivity index (χ1n) is 8.15. The maximum absolute atomic E-state index is 12.8. The van der Waals surface area contributed by atoms with Crippen molar-refractivity contribution in [1.82, 2.24) is 0 Å². The van der Waals surface area contributed by atoms with Crippen LogP contribution >= 0.6 is 11.6 Å². The van der Waals surface area contributed by atoms with E-state index in [1.807, 2.05) is 6.92 Å². The Morgan fingerprint density at radius 2 is 1.96 bits per heavy atom. The Hall–Kier alpha value is -2.25. The first-order valence-corrected chi connectivity index (χ1v) is 10.0. The first kappa shape index (κ1) is 18.5. The standard InChI is InChI=1S/C18H19ClN2O4S/c1-3-21-15-7-6-14(10-12(15)4-9-18(21)22)20-26(23,24)17-11-13(19)5-8-16(17)25-2/h5-8,10-11,20H,3-4,9H2,1-2H3. The number of amides is 1. The van der Waals surface area contributed by atoms with Gasteiger partial charge in [0.05, 0.1) is 7.11 Å². The van der Waals surface area contributed by atoms with Crippen LogP contribution in [-0.4, -0.2) is 28.0 Å². The van der Waals surface area contributed by atoms with Crippen molar-refractivity contribution in [2.24, 2.45) is 0 Å². The molecule has 0 aliphatic carbocycles. The lowest BCUT2D eigenvalue weighted by Gasteiger charge is -2.28. The largest absolute Gasteiger partial charge is 0.495 e. The molecule has 1 N–H and O–H groups in total. The van der Waals surface area contributed by atoms with Crippen molar-refractivity contribution in [2.45, 2.75) is 24.7 Å². The van der Waals surface area contributed by atoms with E-state index in [0.717, 1.165) is 11.3 Å². The number of aryl methyl sites for hydroxylation is 1. The highest BCUT2D eigenvalue weighted by atomic mass is 35.5. The van der Waals surface area contributed by atoms with E-state index in [4.69, 9.17) is 16.3 Å². The Kier molecular flexibility index (Phi) is 5.11. The van der Waals surface area contributed by atoms with E-state index in [0.29, 0.717) is 30.1 Å². The molecular weight excluding hydrogens is 376 g/mol. The van der Waals surface area contributed by atoms with Crippen molar-refractivity contribution in [3.05, 3.63) is 47.0 Å². The molecule has 6 nitrogen and oxygen atoms in total. The third kappa shape index (κ3) is 3.50. The van der Waals surface area contributed by atoms with Crippen molar-refractivity contribution in [3.63, 3.8) is 0 Å². The van der Waals surface area contributed by atoms with Gasteiger partial charge in [0.2, 0.25) is 5.91 Å². The molecule has 0 spiro atoms. The molecule has 26 heavy (non-hydrogen) atoms. The summed E-state index contributed by atoms with van der Waals surface area (Å²) in [4.78, 5) is 13.7. The number of carbonyl (C=O) groups is 1. The second-order valence-corrected chi connectivity index (χ2v) is 7.97. The van der Waals surface area contributed by atoms with Crippen LogP contribution in [0.5, 0.6) is 5.75 Å². The van der Waals surface area contributed by atoms with E-state index in [1.54, 1.807) is 29.2 Å². The number of sulfonamides is 1. The summed E-state index contributed by atoms with van der Waals surface area (Å²) < 4.78 is 33.2. The Balaban J connectivity index is 1.94. The fraction of sp³-hybridized carbons (Fsp3) is 0.278. The lowest BCUT2D eigenvalue weighted by Crippen LogP contribution is -2.34. The van der Waals surface area contributed by atoms with Crippen LogP contribution in [0.2, 0.25) is 5.02 Å². The Bertz CT molecular complexity index is 960. The number of fused-ring (bicyclic) bond motifs is 1. The molecule has 0 bridgehead atoms. The zero-order chi connectivity index (χ0) is 18.9. The van der Waals surface area contributed by atoms with Gasteiger partial charge in [-0.3, -0.25) is 9.52 Å². The van der Waals surface area contributed by atoms with Gasteiger partial charge < -0.3 is 9.64 Å². The predicted molar refractivity (Wildman–Crippen MR) is 102 cm³/mol. The molecule has 1 heterocycles. The third-order valence-electron chi connectivity index (χ3n) is 4.26. The van der Waals surface area contributed by atoms with Gasteiger partial charge in [0, 0.05) is 29.4 Å². The summed E-state index contributed by atoms with van der Waals surface area (Å²) in [6, 6.07) is 9.60. The molecule has 1 amide bonds. The number of hydrogen-bond donors (Lipinski definition) is 1. The zero-order valence-corrected chi connectivity index (χ0v) is 16.0. The normalized spacial score (nSPS) is 14.1. The second-order valence-electron chi connectivity index (χ2n) is 5.88. The minimum Gasteiger partial charge on any atom is -0.495 e. The average molecular weight is 395 g/mol. The molecule has 0 fully saturated rings. The van der Waals surface area contributed by atoms with Crippen molar-refractivity contribution in [3.8, 4) is 5.75 Å². The van der Waals surface area contributed by atoms with Crippen LogP contribution in [0.1, 0.15) is 18.9 Å². The van der Waals surface area contributed by atoms with Crippen molar-refractivity contribution >= 4 is 38.9 Å². The number of carbonyl (C=O) groups excluding carboxylic acids is 1. The molecule has 3 rings (SSSR count). The molecule has 1 aliphatic heterocycles. The quantitative estimate of drug-likeness (QED) is 0.842. The minimum absolute atomic E-state index is 0.0319. The molecule has 8 heteroatoms. The first-order chi connectivity index (χ1) is 12.4. The van der Waals surface area contributed by atoms with Gasteiger partial charge in [0.25, 0.3) is 10.0 Å². The van der Waals surface area contributed by atoms with Gasteiger partial charge in [-0.2, -0.15) is 0 Å². The van der Waals surface area contributed by atoms with Crippen LogP contribution in [0, 0.1) is 0 Å². The zero-order valence-electron chi connectivity index (χ0n) is 14.5. The van der Waals surface area contributed by atoms with Crippen LogP contribution in [0.15, 0.2) is 41.3 Å². The average Bonchev–Trinajstić information content (AvgIpc) is 2.61. The second kappa shape index (κ2) is 7.17. The molecule has 0 unspecified atom stereocenters. The fourth-order valence-electron chi connectivity index (χ4n) is 3.04. The monoisotopic (exact) mass is 394 g/mol. The van der Waals surface area contributed by atoms with Gasteiger partial charge in [0.1, 0.15) is 10.6 Å². The van der Waals surface area contributed by atoms with Gasteiger partial charge in [-0.1, -0.05) is 11.6 Å². The predicted octanol–water partition coefficient (Wildman–Crippen LogP) is 3.45. The van der Waals surface area contributed by atoms with E-state index in [2.05, 4.69) is 4.72 Å². The summed E-state index contributed by atoms with van der Waals surface area (Å²) in [6.45, 7) is 2.49. The highest BCUT2D eigenvalue weighted by Gasteiger charge is 2.24. The highest BCUT2D eigenvalue weighted by molar-refractivity contribution is 7.92. The number of nitrogens with one attached hydrogen (secondary N) is 1. The lowest BCUT2D eigenvalue weighted by molar-refractivity contribution is -0.118. The minimum atomic E-state index is -3.87. The summed E-state index contributed by atoms with van der Waals surface area (Å²) in [6.07, 6.45) is 1.000. The van der Waals surface area contributed by atoms with E-state index >= 15 is 0 Å². The number of benzene rings is 2. The van der Waals surface area contributed by atoms with Crippen molar-refractivity contribution in [2.75, 3.05) is 23.3 Å². The maximum atomic E-state index is 12.8. The fourth-order valence-corrected chi connectivity index (χ4v) is 4.52. The number of nitrogens with zero attached hydrogens (tertiary/aromatic N) is 1. The molecule has 2 aromatic carbocycles. The number of methoxy groups -OCH3 is 1. The van der Waals surface area contributed by atoms with Crippen LogP contribution in [-0.2, 0) is 21.2 Å². The SMILES string of the molecule is CCN1C(=O)CCc2cc(NS(=O)(=O)c3cc(Cl)ccc3OC)ccc21. The van der Waals surface area contributed by atoms with E-state index in [9.17, 15) is 13.2 Å². The number of hydrogen-bond acceptors (Lipinski definition) is 4. The number of ether oxygens (including phenoxy) is 1. The van der Waals surface area contributed by atoms with Gasteiger partial charge in [0.15, 0.2) is 0 Å². The van der Waals surface area contributed by atoms with Gasteiger partial charge in [-0.15, -0.1) is 0 Å². The molecule has 1 aliphatic rings. The van der Waals surface area contributed by atoms with E-state index in [1.165, 1.54) is 19.2 Å². The molecule has 0 aromatic heterocycles. The molecule has 0 saturated heterocycles. The smallest absolute Gasteiger partial charge is 0.265 e. The van der Waals surface area contributed by atoms with Gasteiger partial charge in [-0.25, -0.2) is 8.42 Å². The molecular formula is C18H19ClN2O4S. The van der Waals surface area contributed by atoms with Crippen LogP contribution in [0.4, 0.5) is 11.4 Å². The Morgan fingerprint density at radius 3 is 2.65 bits per heavy atom. The maximum Gasteiger partial charge on any atom is 0.265 e. The summed E-state index contributed by atoms with van der Waals surface area (Å²) in [5, 5.41) is 0.300.